The third-order valence-corrected chi connectivity index (χ3v) is 3.24. The number of benzene rings is 1. The predicted octanol–water partition coefficient (Wildman–Crippen LogP) is 3.26. The fourth-order valence-electron chi connectivity index (χ4n) is 1.32. The van der Waals surface area contributed by atoms with E-state index < -0.39 is 5.41 Å². The molecule has 1 N–H and O–H groups in total. The molecule has 1 rings (SSSR count). The summed E-state index contributed by atoms with van der Waals surface area (Å²) in [5.41, 5.74) is 0.982. The summed E-state index contributed by atoms with van der Waals surface area (Å²) < 4.78 is 0.809. The first-order valence-electron chi connectivity index (χ1n) is 4.30. The molecule has 0 fully saturated rings. The minimum absolute atomic E-state index is 0.161. The Morgan fingerprint density at radius 1 is 1.43 bits per heavy atom. The molecule has 0 aliphatic carbocycles. The third kappa shape index (κ3) is 1.76. The van der Waals surface area contributed by atoms with Gasteiger partial charge in [-0.05, 0) is 32.4 Å². The fourth-order valence-corrected chi connectivity index (χ4v) is 2.15. The quantitative estimate of drug-likeness (QED) is 0.835. The first-order chi connectivity index (χ1) is 6.40. The molecule has 0 atom stereocenters. The van der Waals surface area contributed by atoms with Crippen LogP contribution in [0.4, 0.5) is 0 Å². The highest BCUT2D eigenvalue weighted by molar-refractivity contribution is 9.10. The van der Waals surface area contributed by atoms with E-state index in [2.05, 4.69) is 22.0 Å². The van der Waals surface area contributed by atoms with Crippen molar-refractivity contribution in [3.63, 3.8) is 0 Å². The zero-order valence-corrected chi connectivity index (χ0v) is 10.0. The summed E-state index contributed by atoms with van der Waals surface area (Å²) in [6.07, 6.45) is 0. The molecule has 0 radical (unpaired) electrons. The van der Waals surface area contributed by atoms with Crippen molar-refractivity contribution in [1.82, 2.24) is 0 Å². The van der Waals surface area contributed by atoms with Crippen molar-refractivity contribution in [2.45, 2.75) is 26.2 Å². The predicted molar refractivity (Wildman–Crippen MR) is 59.2 cm³/mol. The van der Waals surface area contributed by atoms with Crippen molar-refractivity contribution in [1.29, 1.82) is 5.26 Å². The Morgan fingerprint density at radius 2 is 2.00 bits per heavy atom. The molecule has 74 valence electrons. The minimum atomic E-state index is -0.686. The second kappa shape index (κ2) is 3.62. The van der Waals surface area contributed by atoms with Crippen LogP contribution in [0.25, 0.3) is 0 Å². The number of phenolic OH excluding ortho intramolecular Hbond substituents is 1. The number of nitriles is 1. The van der Waals surface area contributed by atoms with Gasteiger partial charge in [-0.15, -0.1) is 0 Å². The highest BCUT2D eigenvalue weighted by Gasteiger charge is 2.26. The summed E-state index contributed by atoms with van der Waals surface area (Å²) in [5.74, 6) is 0.161. The van der Waals surface area contributed by atoms with Gasteiger partial charge in [-0.3, -0.25) is 0 Å². The topological polar surface area (TPSA) is 44.0 Å². The van der Waals surface area contributed by atoms with Crippen LogP contribution in [0.2, 0.25) is 0 Å². The summed E-state index contributed by atoms with van der Waals surface area (Å²) in [7, 11) is 0. The molecule has 0 amide bonds. The largest absolute Gasteiger partial charge is 0.508 e. The van der Waals surface area contributed by atoms with Crippen LogP contribution in [0.1, 0.15) is 25.0 Å². The van der Waals surface area contributed by atoms with E-state index in [0.29, 0.717) is 5.56 Å². The van der Waals surface area contributed by atoms with Crippen molar-refractivity contribution in [2.24, 2.45) is 0 Å². The van der Waals surface area contributed by atoms with Gasteiger partial charge in [0.25, 0.3) is 0 Å². The molecule has 0 aliphatic rings. The van der Waals surface area contributed by atoms with E-state index in [1.807, 2.05) is 13.0 Å². The van der Waals surface area contributed by atoms with E-state index in [4.69, 9.17) is 5.26 Å². The number of aromatic hydroxyl groups is 1. The monoisotopic (exact) mass is 253 g/mol. The second-order valence-electron chi connectivity index (χ2n) is 3.83. The molecule has 1 aromatic carbocycles. The highest BCUT2D eigenvalue weighted by Crippen LogP contribution is 2.38. The molecule has 14 heavy (non-hydrogen) atoms. The summed E-state index contributed by atoms with van der Waals surface area (Å²) >= 11 is 3.40. The normalized spacial score (nSPS) is 11.1. The zero-order valence-electron chi connectivity index (χ0n) is 8.43. The maximum Gasteiger partial charge on any atom is 0.121 e. The van der Waals surface area contributed by atoms with Crippen LogP contribution in [-0.2, 0) is 5.41 Å². The minimum Gasteiger partial charge on any atom is -0.508 e. The molecule has 1 aromatic rings. The van der Waals surface area contributed by atoms with E-state index >= 15 is 0 Å². The molecule has 0 saturated heterocycles. The maximum atomic E-state index is 9.70. The molecule has 0 aliphatic heterocycles. The van der Waals surface area contributed by atoms with Gasteiger partial charge in [-0.1, -0.05) is 22.0 Å². The number of rotatable bonds is 1. The van der Waals surface area contributed by atoms with Gasteiger partial charge in [-0.2, -0.15) is 5.26 Å². The van der Waals surface area contributed by atoms with E-state index in [1.54, 1.807) is 19.9 Å². The molecule has 0 aromatic heterocycles. The van der Waals surface area contributed by atoms with Crippen molar-refractivity contribution in [3.8, 4) is 11.8 Å². The lowest BCUT2D eigenvalue weighted by molar-refractivity contribution is 0.455. The molecule has 3 heteroatoms. The van der Waals surface area contributed by atoms with E-state index in [9.17, 15) is 5.11 Å². The van der Waals surface area contributed by atoms with Crippen molar-refractivity contribution in [3.05, 3.63) is 27.7 Å². The summed E-state index contributed by atoms with van der Waals surface area (Å²) in [6, 6.07) is 5.61. The molecule has 2 nitrogen and oxygen atoms in total. The Labute approximate surface area is 92.3 Å². The van der Waals surface area contributed by atoms with Gasteiger partial charge >= 0.3 is 0 Å². The summed E-state index contributed by atoms with van der Waals surface area (Å²) in [4.78, 5) is 0. The highest BCUT2D eigenvalue weighted by atomic mass is 79.9. The van der Waals surface area contributed by atoms with Gasteiger partial charge in [-0.25, -0.2) is 0 Å². The average molecular weight is 254 g/mol. The lowest BCUT2D eigenvalue weighted by atomic mass is 9.85. The number of aryl methyl sites for hydroxylation is 1. The maximum absolute atomic E-state index is 9.70. The third-order valence-electron chi connectivity index (χ3n) is 2.22. The molecule has 0 heterocycles. The van der Waals surface area contributed by atoms with Crippen LogP contribution in [0.5, 0.6) is 5.75 Å². The Balaban J connectivity index is 3.49. The fraction of sp³-hybridized carbons (Fsp3) is 0.364. The Morgan fingerprint density at radius 3 is 2.50 bits per heavy atom. The van der Waals surface area contributed by atoms with Gasteiger partial charge in [0.05, 0.1) is 11.5 Å². The Hall–Kier alpha value is -1.01. The second-order valence-corrected chi connectivity index (χ2v) is 4.62. The number of nitrogens with zero attached hydrogens (tertiary/aromatic N) is 1. The first kappa shape index (κ1) is 11.1. The summed E-state index contributed by atoms with van der Waals surface area (Å²) in [5, 5.41) is 18.7. The van der Waals surface area contributed by atoms with Gasteiger partial charge in [0.2, 0.25) is 0 Å². The van der Waals surface area contributed by atoms with Gasteiger partial charge in [0.1, 0.15) is 5.75 Å². The van der Waals surface area contributed by atoms with Crippen LogP contribution in [0.3, 0.4) is 0 Å². The lowest BCUT2D eigenvalue weighted by Gasteiger charge is -2.20. The molecule has 0 unspecified atom stereocenters. The van der Waals surface area contributed by atoms with Crippen LogP contribution in [0, 0.1) is 18.3 Å². The van der Waals surface area contributed by atoms with E-state index in [-0.39, 0.29) is 5.75 Å². The van der Waals surface area contributed by atoms with Crippen molar-refractivity contribution >= 4 is 15.9 Å². The first-order valence-corrected chi connectivity index (χ1v) is 5.09. The smallest absolute Gasteiger partial charge is 0.121 e. The van der Waals surface area contributed by atoms with E-state index in [0.717, 1.165) is 10.0 Å². The van der Waals surface area contributed by atoms with E-state index in [1.165, 1.54) is 0 Å². The van der Waals surface area contributed by atoms with Crippen LogP contribution < -0.4 is 0 Å². The Bertz CT molecular complexity index is 404. The van der Waals surface area contributed by atoms with Crippen molar-refractivity contribution < 1.29 is 5.11 Å². The van der Waals surface area contributed by atoms with Crippen LogP contribution in [-0.4, -0.2) is 5.11 Å². The molecule has 0 saturated carbocycles. The van der Waals surface area contributed by atoms with Crippen molar-refractivity contribution in [2.75, 3.05) is 0 Å². The molecular formula is C11H12BrNO. The number of halogens is 1. The van der Waals surface area contributed by atoms with Crippen LogP contribution in [0.15, 0.2) is 16.6 Å². The Kier molecular flexibility index (Phi) is 2.86. The zero-order chi connectivity index (χ0) is 10.9. The van der Waals surface area contributed by atoms with Gasteiger partial charge in [0, 0.05) is 10.0 Å². The van der Waals surface area contributed by atoms with Gasteiger partial charge in [0.15, 0.2) is 0 Å². The SMILES string of the molecule is Cc1ccc(O)c(C(C)(C)C#N)c1Br. The molecular weight excluding hydrogens is 242 g/mol. The van der Waals surface area contributed by atoms with Crippen LogP contribution >= 0.6 is 15.9 Å². The lowest BCUT2D eigenvalue weighted by Crippen LogP contribution is -2.15. The average Bonchev–Trinajstić information content (AvgIpc) is 2.12. The van der Waals surface area contributed by atoms with Gasteiger partial charge < -0.3 is 5.11 Å². The molecule has 0 bridgehead atoms. The molecule has 0 spiro atoms. The number of hydrogen-bond donors (Lipinski definition) is 1. The number of phenols is 1. The summed E-state index contributed by atoms with van der Waals surface area (Å²) in [6.45, 7) is 5.50. The standard InChI is InChI=1S/C11H12BrNO/c1-7-4-5-8(14)9(10(7)12)11(2,3)6-13/h4-5,14H,1-3H3. The number of hydrogen-bond acceptors (Lipinski definition) is 2.